The zero-order valence-corrected chi connectivity index (χ0v) is 12.5. The molecule has 0 spiro atoms. The van der Waals surface area contributed by atoms with Crippen molar-refractivity contribution in [2.45, 2.75) is 13.0 Å². The molecule has 0 fully saturated rings. The summed E-state index contributed by atoms with van der Waals surface area (Å²) in [6.07, 6.45) is 1.59. The molecule has 1 aromatic rings. The number of amides is 1. The van der Waals surface area contributed by atoms with Gasteiger partial charge in [-0.25, -0.2) is 0 Å². The summed E-state index contributed by atoms with van der Waals surface area (Å²) in [6.45, 7) is 5.78. The highest BCUT2D eigenvalue weighted by molar-refractivity contribution is 5.79. The lowest BCUT2D eigenvalue weighted by Crippen LogP contribution is -2.41. The van der Waals surface area contributed by atoms with E-state index >= 15 is 0 Å². The summed E-state index contributed by atoms with van der Waals surface area (Å²) in [4.78, 5) is 26.3. The molecule has 0 radical (unpaired) electrons. The largest absolute Gasteiger partial charge is 0.480 e. The second-order valence-corrected chi connectivity index (χ2v) is 4.94. The van der Waals surface area contributed by atoms with Crippen molar-refractivity contribution in [2.75, 3.05) is 26.7 Å². The molecule has 1 amide bonds. The highest BCUT2D eigenvalue weighted by atomic mass is 16.4. The molecule has 5 heteroatoms. The molecule has 0 aromatic heterocycles. The SMILES string of the molecule is C=CCN(CC(=O)O)CC(=O)N(C)C(C)c1ccccc1. The van der Waals surface area contributed by atoms with E-state index in [1.165, 1.54) is 0 Å². The fourth-order valence-electron chi connectivity index (χ4n) is 2.03. The zero-order chi connectivity index (χ0) is 15.8. The summed E-state index contributed by atoms with van der Waals surface area (Å²) in [7, 11) is 1.73. The van der Waals surface area contributed by atoms with Crippen LogP contribution in [0.5, 0.6) is 0 Å². The maximum atomic E-state index is 12.3. The minimum absolute atomic E-state index is 0.0610. The van der Waals surface area contributed by atoms with E-state index in [1.54, 1.807) is 22.9 Å². The maximum Gasteiger partial charge on any atom is 0.317 e. The average Bonchev–Trinajstić information content (AvgIpc) is 2.46. The Morgan fingerprint density at radius 3 is 2.43 bits per heavy atom. The Morgan fingerprint density at radius 1 is 1.29 bits per heavy atom. The summed E-state index contributed by atoms with van der Waals surface area (Å²) in [5, 5.41) is 8.85. The Kier molecular flexibility index (Phi) is 6.62. The van der Waals surface area contributed by atoms with E-state index in [9.17, 15) is 9.59 Å². The van der Waals surface area contributed by atoms with Crippen LogP contribution in [0.1, 0.15) is 18.5 Å². The number of carboxylic acid groups (broad SMARTS) is 1. The van der Waals surface area contributed by atoms with Gasteiger partial charge in [-0.15, -0.1) is 6.58 Å². The lowest BCUT2D eigenvalue weighted by atomic mass is 10.1. The molecule has 0 heterocycles. The topological polar surface area (TPSA) is 60.9 Å². The second-order valence-electron chi connectivity index (χ2n) is 4.94. The van der Waals surface area contributed by atoms with Crippen LogP contribution >= 0.6 is 0 Å². The summed E-state index contributed by atoms with van der Waals surface area (Å²) >= 11 is 0. The van der Waals surface area contributed by atoms with Gasteiger partial charge in [0.15, 0.2) is 0 Å². The minimum atomic E-state index is -0.955. The molecule has 1 N–H and O–H groups in total. The molecule has 0 aliphatic carbocycles. The Labute approximate surface area is 125 Å². The number of hydrogen-bond donors (Lipinski definition) is 1. The van der Waals surface area contributed by atoms with Gasteiger partial charge >= 0.3 is 5.97 Å². The van der Waals surface area contributed by atoms with Gasteiger partial charge in [-0.3, -0.25) is 14.5 Å². The molecular weight excluding hydrogens is 268 g/mol. The van der Waals surface area contributed by atoms with Crippen molar-refractivity contribution in [3.8, 4) is 0 Å². The van der Waals surface area contributed by atoms with Crippen molar-refractivity contribution in [3.05, 3.63) is 48.6 Å². The highest BCUT2D eigenvalue weighted by Crippen LogP contribution is 2.18. The molecule has 5 nitrogen and oxygen atoms in total. The van der Waals surface area contributed by atoms with Gasteiger partial charge in [-0.2, -0.15) is 0 Å². The predicted octanol–water partition coefficient (Wildman–Crippen LogP) is 1.78. The zero-order valence-electron chi connectivity index (χ0n) is 12.5. The van der Waals surface area contributed by atoms with E-state index in [0.29, 0.717) is 6.54 Å². The summed E-state index contributed by atoms with van der Waals surface area (Å²) in [6, 6.07) is 9.66. The van der Waals surface area contributed by atoms with E-state index < -0.39 is 5.97 Å². The number of aliphatic carboxylic acids is 1. The molecule has 1 rings (SSSR count). The predicted molar refractivity (Wildman–Crippen MR) is 81.9 cm³/mol. The second kappa shape index (κ2) is 8.21. The van der Waals surface area contributed by atoms with Gasteiger partial charge in [0.2, 0.25) is 5.91 Å². The molecule has 0 saturated carbocycles. The fraction of sp³-hybridized carbons (Fsp3) is 0.375. The maximum absolute atomic E-state index is 12.3. The number of carboxylic acids is 1. The van der Waals surface area contributed by atoms with E-state index in [1.807, 2.05) is 37.3 Å². The molecule has 1 unspecified atom stereocenters. The molecule has 114 valence electrons. The number of hydrogen-bond acceptors (Lipinski definition) is 3. The van der Waals surface area contributed by atoms with Gasteiger partial charge in [0.25, 0.3) is 0 Å². The van der Waals surface area contributed by atoms with E-state index in [0.717, 1.165) is 5.56 Å². The number of carbonyl (C=O) groups is 2. The van der Waals surface area contributed by atoms with Crippen molar-refractivity contribution in [1.29, 1.82) is 0 Å². The molecular formula is C16H22N2O3. The fourth-order valence-corrected chi connectivity index (χ4v) is 2.03. The lowest BCUT2D eigenvalue weighted by Gasteiger charge is -2.28. The van der Waals surface area contributed by atoms with Crippen LogP contribution < -0.4 is 0 Å². The van der Waals surface area contributed by atoms with Crippen LogP contribution in [0.3, 0.4) is 0 Å². The average molecular weight is 290 g/mol. The Morgan fingerprint density at radius 2 is 1.90 bits per heavy atom. The van der Waals surface area contributed by atoms with Crippen molar-refractivity contribution in [2.24, 2.45) is 0 Å². The van der Waals surface area contributed by atoms with Crippen LogP contribution in [0, 0.1) is 0 Å². The van der Waals surface area contributed by atoms with Gasteiger partial charge < -0.3 is 10.0 Å². The molecule has 0 bridgehead atoms. The monoisotopic (exact) mass is 290 g/mol. The third kappa shape index (κ3) is 5.39. The summed E-state index contributed by atoms with van der Waals surface area (Å²) < 4.78 is 0. The molecule has 0 aliphatic rings. The van der Waals surface area contributed by atoms with Crippen molar-refractivity contribution in [1.82, 2.24) is 9.80 Å². The third-order valence-corrected chi connectivity index (χ3v) is 3.36. The molecule has 0 saturated heterocycles. The van der Waals surface area contributed by atoms with Gasteiger partial charge in [-0.1, -0.05) is 36.4 Å². The Balaban J connectivity index is 2.68. The minimum Gasteiger partial charge on any atom is -0.480 e. The first-order valence-corrected chi connectivity index (χ1v) is 6.81. The number of benzene rings is 1. The van der Waals surface area contributed by atoms with Gasteiger partial charge in [0.05, 0.1) is 19.1 Å². The van der Waals surface area contributed by atoms with Crippen LogP contribution in [0.15, 0.2) is 43.0 Å². The number of likely N-dealkylation sites (N-methyl/N-ethyl adjacent to an activating group) is 1. The van der Waals surface area contributed by atoms with Crippen LogP contribution in [-0.4, -0.2) is 53.5 Å². The van der Waals surface area contributed by atoms with Crippen molar-refractivity contribution >= 4 is 11.9 Å². The quantitative estimate of drug-likeness (QED) is 0.741. The van der Waals surface area contributed by atoms with Crippen LogP contribution in [-0.2, 0) is 9.59 Å². The molecule has 0 aliphatic heterocycles. The van der Waals surface area contributed by atoms with Crippen LogP contribution in [0.2, 0.25) is 0 Å². The Hall–Kier alpha value is -2.14. The summed E-state index contributed by atoms with van der Waals surface area (Å²) in [5.41, 5.74) is 1.04. The van der Waals surface area contributed by atoms with Crippen molar-refractivity contribution < 1.29 is 14.7 Å². The Bertz CT molecular complexity index is 488. The number of nitrogens with zero attached hydrogens (tertiary/aromatic N) is 2. The third-order valence-electron chi connectivity index (χ3n) is 3.36. The van der Waals surface area contributed by atoms with Gasteiger partial charge in [-0.05, 0) is 12.5 Å². The molecule has 1 aromatic carbocycles. The molecule has 1 atom stereocenters. The highest BCUT2D eigenvalue weighted by Gasteiger charge is 2.20. The van der Waals surface area contributed by atoms with E-state index in [2.05, 4.69) is 6.58 Å². The summed E-state index contributed by atoms with van der Waals surface area (Å²) in [5.74, 6) is -1.07. The standard InChI is InChI=1S/C16H22N2O3/c1-4-10-18(12-16(20)21)11-15(19)17(3)13(2)14-8-6-5-7-9-14/h4-9,13H,1,10-12H2,2-3H3,(H,20,21). The van der Waals surface area contributed by atoms with Gasteiger partial charge in [0, 0.05) is 13.6 Å². The smallest absolute Gasteiger partial charge is 0.317 e. The first kappa shape index (κ1) is 16.9. The van der Waals surface area contributed by atoms with E-state index in [4.69, 9.17) is 5.11 Å². The van der Waals surface area contributed by atoms with Crippen molar-refractivity contribution in [3.63, 3.8) is 0 Å². The van der Waals surface area contributed by atoms with Gasteiger partial charge in [0.1, 0.15) is 0 Å². The van der Waals surface area contributed by atoms with E-state index in [-0.39, 0.29) is 25.0 Å². The first-order chi connectivity index (χ1) is 9.95. The van der Waals surface area contributed by atoms with Crippen LogP contribution in [0.4, 0.5) is 0 Å². The lowest BCUT2D eigenvalue weighted by molar-refractivity contribution is -0.139. The van der Waals surface area contributed by atoms with Crippen LogP contribution in [0.25, 0.3) is 0 Å². The first-order valence-electron chi connectivity index (χ1n) is 6.81. The normalized spacial score (nSPS) is 12.0. The number of carbonyl (C=O) groups excluding carboxylic acids is 1. The number of rotatable bonds is 8. The molecule has 21 heavy (non-hydrogen) atoms.